The third-order valence-corrected chi connectivity index (χ3v) is 4.47. The monoisotopic (exact) mass is 311 g/mol. The lowest BCUT2D eigenvalue weighted by molar-refractivity contribution is 0.104. The van der Waals surface area contributed by atoms with Crippen LogP contribution in [0.25, 0.3) is 0 Å². The number of fused-ring (bicyclic) bond motifs is 1. The number of aliphatic hydroxyl groups is 1. The van der Waals surface area contributed by atoms with Gasteiger partial charge in [0.1, 0.15) is 18.5 Å². The van der Waals surface area contributed by atoms with Gasteiger partial charge in [0.15, 0.2) is 0 Å². The number of hydrogen-bond acceptors (Lipinski definition) is 3. The van der Waals surface area contributed by atoms with Crippen molar-refractivity contribution in [2.75, 3.05) is 13.2 Å². The van der Waals surface area contributed by atoms with Crippen molar-refractivity contribution in [3.63, 3.8) is 0 Å². The molecule has 2 aromatic carbocycles. The molecule has 0 aliphatic heterocycles. The number of ether oxygens (including phenoxy) is 1. The van der Waals surface area contributed by atoms with E-state index < -0.39 is 6.10 Å². The van der Waals surface area contributed by atoms with Crippen molar-refractivity contribution in [1.29, 1.82) is 0 Å². The molecule has 1 aliphatic carbocycles. The normalized spacial score (nSPS) is 15.9. The zero-order valence-electron chi connectivity index (χ0n) is 13.7. The summed E-state index contributed by atoms with van der Waals surface area (Å²) in [6.45, 7) is 2.93. The van der Waals surface area contributed by atoms with Crippen molar-refractivity contribution in [2.24, 2.45) is 0 Å². The Morgan fingerprint density at radius 1 is 1.09 bits per heavy atom. The Morgan fingerprint density at radius 3 is 2.70 bits per heavy atom. The van der Waals surface area contributed by atoms with Gasteiger partial charge in [-0.05, 0) is 55.0 Å². The molecule has 0 saturated heterocycles. The second-order valence-corrected chi connectivity index (χ2v) is 6.29. The first-order chi connectivity index (χ1) is 11.2. The van der Waals surface area contributed by atoms with Gasteiger partial charge in [0.2, 0.25) is 0 Å². The highest BCUT2D eigenvalue weighted by atomic mass is 16.5. The molecule has 3 rings (SSSR count). The van der Waals surface area contributed by atoms with Crippen LogP contribution in [0.5, 0.6) is 5.75 Å². The number of benzene rings is 2. The van der Waals surface area contributed by atoms with Crippen LogP contribution in [0.2, 0.25) is 0 Å². The van der Waals surface area contributed by atoms with E-state index in [9.17, 15) is 5.11 Å². The summed E-state index contributed by atoms with van der Waals surface area (Å²) in [5.74, 6) is 0.862. The van der Waals surface area contributed by atoms with Crippen LogP contribution in [0, 0.1) is 0 Å². The van der Waals surface area contributed by atoms with Crippen LogP contribution >= 0.6 is 0 Å². The molecule has 122 valence electrons. The van der Waals surface area contributed by atoms with Crippen LogP contribution in [0.15, 0.2) is 48.5 Å². The van der Waals surface area contributed by atoms with Crippen LogP contribution in [0.4, 0.5) is 0 Å². The molecule has 0 spiro atoms. The Labute approximate surface area is 138 Å². The Morgan fingerprint density at radius 2 is 1.87 bits per heavy atom. The van der Waals surface area contributed by atoms with E-state index >= 15 is 0 Å². The second-order valence-electron chi connectivity index (χ2n) is 6.29. The summed E-state index contributed by atoms with van der Waals surface area (Å²) in [7, 11) is 0. The molecule has 0 amide bonds. The first kappa shape index (κ1) is 16.0. The van der Waals surface area contributed by atoms with Crippen molar-refractivity contribution in [1.82, 2.24) is 5.32 Å². The van der Waals surface area contributed by atoms with E-state index in [-0.39, 0.29) is 6.04 Å². The molecule has 1 aliphatic rings. The number of hydrogen-bond donors (Lipinski definition) is 2. The van der Waals surface area contributed by atoms with E-state index in [1.165, 1.54) is 29.5 Å². The van der Waals surface area contributed by atoms with Gasteiger partial charge in [-0.2, -0.15) is 0 Å². The summed E-state index contributed by atoms with van der Waals surface area (Å²) in [5.41, 5.74) is 4.06. The maximum absolute atomic E-state index is 10.1. The van der Waals surface area contributed by atoms with Gasteiger partial charge in [-0.1, -0.05) is 36.4 Å². The molecular formula is C20H25NO2. The zero-order valence-corrected chi connectivity index (χ0v) is 13.7. The largest absolute Gasteiger partial charge is 0.491 e. The highest BCUT2D eigenvalue weighted by Gasteiger charge is 2.13. The molecule has 0 radical (unpaired) electrons. The van der Waals surface area contributed by atoms with Gasteiger partial charge in [0, 0.05) is 12.6 Å². The molecule has 0 fully saturated rings. The zero-order chi connectivity index (χ0) is 16.1. The van der Waals surface area contributed by atoms with Crippen molar-refractivity contribution in [2.45, 2.75) is 38.3 Å². The van der Waals surface area contributed by atoms with Gasteiger partial charge in [0.05, 0.1) is 0 Å². The highest BCUT2D eigenvalue weighted by molar-refractivity contribution is 5.38. The first-order valence-electron chi connectivity index (χ1n) is 8.43. The minimum Gasteiger partial charge on any atom is -0.491 e. The minimum absolute atomic E-state index is 0.214. The van der Waals surface area contributed by atoms with Crippen molar-refractivity contribution in [3.05, 3.63) is 65.2 Å². The Bertz CT molecular complexity index is 627. The Kier molecular flexibility index (Phi) is 5.31. The smallest absolute Gasteiger partial charge is 0.119 e. The van der Waals surface area contributed by atoms with Crippen LogP contribution in [0.1, 0.15) is 36.1 Å². The van der Waals surface area contributed by atoms with Gasteiger partial charge in [0.25, 0.3) is 0 Å². The Hall–Kier alpha value is -1.84. The standard InChI is InChI=1S/C20H25NO2/c1-15(16-6-3-2-4-7-16)21-13-19(22)14-23-20-11-10-17-8-5-9-18(17)12-20/h2-4,6-7,10-12,15,19,21-22H,5,8-9,13-14H2,1H3. The number of aliphatic hydroxyl groups excluding tert-OH is 1. The maximum atomic E-state index is 10.1. The summed E-state index contributed by atoms with van der Waals surface area (Å²) < 4.78 is 5.74. The lowest BCUT2D eigenvalue weighted by Crippen LogP contribution is -2.33. The summed E-state index contributed by atoms with van der Waals surface area (Å²) in [4.78, 5) is 0. The predicted molar refractivity (Wildman–Crippen MR) is 92.8 cm³/mol. The van der Waals surface area contributed by atoms with E-state index in [0.29, 0.717) is 13.2 Å². The molecule has 2 N–H and O–H groups in total. The highest BCUT2D eigenvalue weighted by Crippen LogP contribution is 2.26. The van der Waals surface area contributed by atoms with E-state index in [1.54, 1.807) is 0 Å². The molecule has 2 aromatic rings. The summed E-state index contributed by atoms with van der Waals surface area (Å²) >= 11 is 0. The third-order valence-electron chi connectivity index (χ3n) is 4.47. The molecule has 3 heteroatoms. The summed E-state index contributed by atoms with van der Waals surface area (Å²) in [6.07, 6.45) is 3.04. The third kappa shape index (κ3) is 4.34. The molecule has 0 aromatic heterocycles. The van der Waals surface area contributed by atoms with E-state index in [1.807, 2.05) is 24.3 Å². The Balaban J connectivity index is 1.44. The van der Waals surface area contributed by atoms with Crippen molar-refractivity contribution >= 4 is 0 Å². The summed E-state index contributed by atoms with van der Waals surface area (Å²) in [6, 6.07) is 16.7. The molecule has 0 bridgehead atoms. The molecule has 0 heterocycles. The second kappa shape index (κ2) is 7.62. The maximum Gasteiger partial charge on any atom is 0.119 e. The molecule has 23 heavy (non-hydrogen) atoms. The van der Waals surface area contributed by atoms with Crippen LogP contribution < -0.4 is 10.1 Å². The fourth-order valence-corrected chi connectivity index (χ4v) is 3.06. The predicted octanol–water partition coefficient (Wildman–Crippen LogP) is 3.27. The van der Waals surface area contributed by atoms with E-state index in [4.69, 9.17) is 4.74 Å². The molecule has 3 nitrogen and oxygen atoms in total. The molecule has 2 unspecified atom stereocenters. The molecule has 2 atom stereocenters. The molecular weight excluding hydrogens is 286 g/mol. The van der Waals surface area contributed by atoms with E-state index in [2.05, 4.69) is 36.5 Å². The fraction of sp³-hybridized carbons (Fsp3) is 0.400. The topological polar surface area (TPSA) is 41.5 Å². The fourth-order valence-electron chi connectivity index (χ4n) is 3.06. The van der Waals surface area contributed by atoms with Crippen molar-refractivity contribution < 1.29 is 9.84 Å². The lowest BCUT2D eigenvalue weighted by atomic mass is 10.1. The lowest BCUT2D eigenvalue weighted by Gasteiger charge is -2.18. The van der Waals surface area contributed by atoms with Crippen LogP contribution in [-0.2, 0) is 12.8 Å². The number of rotatable bonds is 7. The molecule has 0 saturated carbocycles. The minimum atomic E-state index is -0.519. The first-order valence-corrected chi connectivity index (χ1v) is 8.43. The van der Waals surface area contributed by atoms with Crippen molar-refractivity contribution in [3.8, 4) is 5.75 Å². The van der Waals surface area contributed by atoms with Crippen LogP contribution in [-0.4, -0.2) is 24.4 Å². The van der Waals surface area contributed by atoms with E-state index in [0.717, 1.165) is 12.2 Å². The van der Waals surface area contributed by atoms with Gasteiger partial charge in [-0.15, -0.1) is 0 Å². The van der Waals surface area contributed by atoms with Gasteiger partial charge in [-0.25, -0.2) is 0 Å². The van der Waals surface area contributed by atoms with Gasteiger partial charge < -0.3 is 15.2 Å². The average Bonchev–Trinajstić information content (AvgIpc) is 3.06. The summed E-state index contributed by atoms with van der Waals surface area (Å²) in [5, 5.41) is 13.5. The van der Waals surface area contributed by atoms with Gasteiger partial charge >= 0.3 is 0 Å². The average molecular weight is 311 g/mol. The van der Waals surface area contributed by atoms with Gasteiger partial charge in [-0.3, -0.25) is 0 Å². The quantitative estimate of drug-likeness (QED) is 0.824. The number of nitrogens with one attached hydrogen (secondary N) is 1. The SMILES string of the molecule is CC(NCC(O)COc1ccc2c(c1)CCC2)c1ccccc1. The number of aryl methyl sites for hydroxylation is 2. The van der Waals surface area contributed by atoms with Crippen LogP contribution in [0.3, 0.4) is 0 Å².